The van der Waals surface area contributed by atoms with Crippen LogP contribution in [0.2, 0.25) is 0 Å². The molecule has 0 radical (unpaired) electrons. The van der Waals surface area contributed by atoms with E-state index in [4.69, 9.17) is 0 Å². The van der Waals surface area contributed by atoms with Gasteiger partial charge in [-0.15, -0.1) is 0 Å². The molecule has 2 heteroatoms. The molecule has 0 fully saturated rings. The lowest BCUT2D eigenvalue weighted by atomic mass is 10.0. The second kappa shape index (κ2) is 7.67. The Hall–Kier alpha value is -2.43. The van der Waals surface area contributed by atoms with Gasteiger partial charge in [0.1, 0.15) is 17.1 Å². The number of quaternary nitrogens is 1. The van der Waals surface area contributed by atoms with Gasteiger partial charge in [0.25, 0.3) is 0 Å². The molecule has 132 valence electrons. The molecular weight excluding hydrogens is 441 g/mol. The van der Waals surface area contributed by atoms with Crippen LogP contribution in [0.1, 0.15) is 0 Å². The molecule has 0 saturated carbocycles. The maximum absolute atomic E-state index is 2.34. The van der Waals surface area contributed by atoms with Gasteiger partial charge in [0, 0.05) is 15.7 Å². The van der Waals surface area contributed by atoms with E-state index < -0.39 is 0 Å². The monoisotopic (exact) mass is 462 g/mol. The molecule has 0 N–H and O–H groups in total. The lowest BCUT2D eigenvalue weighted by molar-refractivity contribution is 0.627. The van der Waals surface area contributed by atoms with Crippen LogP contribution in [0.5, 0.6) is 0 Å². The molecule has 0 spiro atoms. The summed E-state index contributed by atoms with van der Waals surface area (Å²) in [5.74, 6) is 0. The van der Waals surface area contributed by atoms with Crippen LogP contribution >= 0.6 is 22.6 Å². The van der Waals surface area contributed by atoms with Crippen LogP contribution in [0, 0.1) is 3.57 Å². The van der Waals surface area contributed by atoms with Crippen LogP contribution < -0.4 is 4.48 Å². The van der Waals surface area contributed by atoms with Gasteiger partial charge in [0.05, 0.1) is 7.05 Å². The molecule has 0 aliphatic heterocycles. The summed E-state index contributed by atoms with van der Waals surface area (Å²) in [6.45, 7) is 0. The molecule has 0 aliphatic carbocycles. The number of halogens is 1. The van der Waals surface area contributed by atoms with Gasteiger partial charge in [-0.25, -0.2) is 4.48 Å². The van der Waals surface area contributed by atoms with E-state index in [1.54, 1.807) is 0 Å². The van der Waals surface area contributed by atoms with Crippen LogP contribution in [0.25, 0.3) is 11.1 Å². The summed E-state index contributed by atoms with van der Waals surface area (Å²) in [4.78, 5) is 0. The van der Waals surface area contributed by atoms with E-state index >= 15 is 0 Å². The average Bonchev–Trinajstić information content (AvgIpc) is 2.75. The van der Waals surface area contributed by atoms with Gasteiger partial charge in [-0.3, -0.25) is 0 Å². The van der Waals surface area contributed by atoms with Crippen molar-refractivity contribution in [2.75, 3.05) is 7.05 Å². The molecule has 4 rings (SSSR count). The van der Waals surface area contributed by atoms with E-state index in [0.29, 0.717) is 4.48 Å². The number of nitrogens with zero attached hydrogens (tertiary/aromatic N) is 1. The third-order valence-corrected chi connectivity index (χ3v) is 5.83. The van der Waals surface area contributed by atoms with Crippen molar-refractivity contribution >= 4 is 39.7 Å². The second-order valence-corrected chi connectivity index (χ2v) is 7.98. The van der Waals surface area contributed by atoms with E-state index in [1.807, 2.05) is 0 Å². The first-order valence-corrected chi connectivity index (χ1v) is 10.1. The number of hydrogen-bond acceptors (Lipinski definition) is 0. The number of hydrogen-bond donors (Lipinski definition) is 0. The van der Waals surface area contributed by atoms with Gasteiger partial charge >= 0.3 is 0 Å². The zero-order chi connectivity index (χ0) is 18.7. The topological polar surface area (TPSA) is 0 Å². The predicted octanol–water partition coefficient (Wildman–Crippen LogP) is 7.56. The molecular formula is C25H21IN+. The first-order valence-electron chi connectivity index (χ1n) is 9.02. The summed E-state index contributed by atoms with van der Waals surface area (Å²) in [6.07, 6.45) is 0. The molecule has 4 aromatic rings. The summed E-state index contributed by atoms with van der Waals surface area (Å²) in [5, 5.41) is 0. The Morgan fingerprint density at radius 2 is 0.852 bits per heavy atom. The molecule has 4 aromatic carbocycles. The predicted molar refractivity (Wildman–Crippen MR) is 125 cm³/mol. The van der Waals surface area contributed by atoms with E-state index in [1.165, 1.54) is 31.8 Å². The van der Waals surface area contributed by atoms with Crippen LogP contribution in [0.4, 0.5) is 17.1 Å². The Morgan fingerprint density at radius 1 is 0.481 bits per heavy atom. The number of para-hydroxylation sites is 2. The molecule has 1 nitrogen and oxygen atoms in total. The Kier molecular flexibility index (Phi) is 5.10. The average molecular weight is 462 g/mol. The number of benzene rings is 4. The van der Waals surface area contributed by atoms with Crippen LogP contribution in [-0.2, 0) is 0 Å². The first-order chi connectivity index (χ1) is 13.2. The highest BCUT2D eigenvalue weighted by Gasteiger charge is 2.30. The van der Waals surface area contributed by atoms with Crippen molar-refractivity contribution in [1.82, 2.24) is 4.48 Å². The Bertz CT molecular complexity index is 968. The van der Waals surface area contributed by atoms with Gasteiger partial charge < -0.3 is 0 Å². The fourth-order valence-corrected chi connectivity index (χ4v) is 3.85. The third-order valence-electron chi connectivity index (χ3n) is 5.11. The van der Waals surface area contributed by atoms with Crippen molar-refractivity contribution in [3.8, 4) is 11.1 Å². The van der Waals surface area contributed by atoms with Gasteiger partial charge in [-0.2, -0.15) is 0 Å². The van der Waals surface area contributed by atoms with Crippen molar-refractivity contribution in [1.29, 1.82) is 0 Å². The maximum Gasteiger partial charge on any atom is 0.142 e. The summed E-state index contributed by atoms with van der Waals surface area (Å²) in [6, 6.07) is 38.9. The lowest BCUT2D eigenvalue weighted by Gasteiger charge is -2.33. The van der Waals surface area contributed by atoms with E-state index in [-0.39, 0.29) is 0 Å². The molecule has 0 saturated heterocycles. The largest absolute Gasteiger partial charge is 0.229 e. The highest BCUT2D eigenvalue weighted by molar-refractivity contribution is 14.1. The molecule has 0 unspecified atom stereocenters. The standard InChI is InChI=1S/C25H21IN/c1-27(23-8-4-2-5-9-23,24-10-6-3-7-11-24)25-18-14-21(15-19-25)20-12-16-22(26)17-13-20/h2-19H,1H3/q+1. The van der Waals surface area contributed by atoms with Crippen molar-refractivity contribution in [2.45, 2.75) is 0 Å². The van der Waals surface area contributed by atoms with Gasteiger partial charge in [-0.1, -0.05) is 48.5 Å². The molecule has 0 bridgehead atoms. The summed E-state index contributed by atoms with van der Waals surface area (Å²) < 4.78 is 1.89. The van der Waals surface area contributed by atoms with Crippen molar-refractivity contribution in [3.63, 3.8) is 0 Å². The van der Waals surface area contributed by atoms with E-state index in [0.717, 1.165) is 0 Å². The van der Waals surface area contributed by atoms with Crippen LogP contribution in [-0.4, -0.2) is 7.05 Å². The van der Waals surface area contributed by atoms with Gasteiger partial charge in [-0.05, 0) is 82.2 Å². The van der Waals surface area contributed by atoms with E-state index in [9.17, 15) is 0 Å². The Labute approximate surface area is 174 Å². The Morgan fingerprint density at radius 3 is 1.30 bits per heavy atom. The second-order valence-electron chi connectivity index (χ2n) is 6.73. The quantitative estimate of drug-likeness (QED) is 0.217. The summed E-state index contributed by atoms with van der Waals surface area (Å²) in [5.41, 5.74) is 6.21. The summed E-state index contributed by atoms with van der Waals surface area (Å²) in [7, 11) is 2.25. The smallest absolute Gasteiger partial charge is 0.142 e. The molecule has 27 heavy (non-hydrogen) atoms. The van der Waals surface area contributed by atoms with Gasteiger partial charge in [0.15, 0.2) is 0 Å². The lowest BCUT2D eigenvalue weighted by Crippen LogP contribution is -2.33. The van der Waals surface area contributed by atoms with Crippen LogP contribution in [0.15, 0.2) is 109 Å². The summed E-state index contributed by atoms with van der Waals surface area (Å²) >= 11 is 2.34. The fourth-order valence-electron chi connectivity index (χ4n) is 3.49. The minimum absolute atomic E-state index is 0.634. The Balaban J connectivity index is 1.80. The van der Waals surface area contributed by atoms with Crippen LogP contribution in [0.3, 0.4) is 0 Å². The van der Waals surface area contributed by atoms with E-state index in [2.05, 4.69) is 139 Å². The van der Waals surface area contributed by atoms with Gasteiger partial charge in [0.2, 0.25) is 0 Å². The van der Waals surface area contributed by atoms with Crippen molar-refractivity contribution in [3.05, 3.63) is 113 Å². The van der Waals surface area contributed by atoms with Crippen molar-refractivity contribution in [2.24, 2.45) is 0 Å². The first kappa shape index (κ1) is 18.0. The minimum atomic E-state index is 0.634. The highest BCUT2D eigenvalue weighted by Crippen LogP contribution is 2.42. The highest BCUT2D eigenvalue weighted by atomic mass is 127. The molecule has 0 atom stereocenters. The zero-order valence-electron chi connectivity index (χ0n) is 15.2. The maximum atomic E-state index is 2.34. The molecule has 0 heterocycles. The normalized spacial score (nSPS) is 11.3. The SMILES string of the molecule is C[N+](c1ccccc1)(c1ccccc1)c1ccc(-c2ccc(I)cc2)cc1. The number of rotatable bonds is 4. The molecule has 0 aromatic heterocycles. The van der Waals surface area contributed by atoms with Crippen molar-refractivity contribution < 1.29 is 0 Å². The molecule has 0 aliphatic rings. The minimum Gasteiger partial charge on any atom is -0.229 e. The third kappa shape index (κ3) is 3.55. The molecule has 0 amide bonds. The zero-order valence-corrected chi connectivity index (χ0v) is 17.4. The fraction of sp³-hybridized carbons (Fsp3) is 0.0400.